The minimum absolute atomic E-state index is 0.118. The minimum atomic E-state index is -1.66. The predicted molar refractivity (Wildman–Crippen MR) is 89.8 cm³/mol. The van der Waals surface area contributed by atoms with Crippen LogP contribution in [0.4, 0.5) is 0 Å². The van der Waals surface area contributed by atoms with Gasteiger partial charge in [-0.1, -0.05) is 27.2 Å². The Labute approximate surface area is 142 Å². The zero-order chi connectivity index (χ0) is 18.1. The first-order valence-electron chi connectivity index (χ1n) is 8.08. The van der Waals surface area contributed by atoms with Gasteiger partial charge in [-0.25, -0.2) is 4.98 Å². The van der Waals surface area contributed by atoms with Crippen LogP contribution in [0.25, 0.3) is 0 Å². The summed E-state index contributed by atoms with van der Waals surface area (Å²) < 4.78 is 0. The standard InChI is InChI=1S/C15H25BN4O4/c1-4-5-11(19-15(22)12-9-17-6-7-18-12)14(21)20-13(16(23)24)8-10(2)3/h6-7,9-11,13,23-24H,4-5,8H2,1-3H3,(H,19,22)(H,20,21)/t11-,13+/m1/s1. The van der Waals surface area contributed by atoms with Crippen molar-refractivity contribution >= 4 is 18.9 Å². The number of carbonyl (C=O) groups is 2. The average molecular weight is 336 g/mol. The van der Waals surface area contributed by atoms with E-state index in [1.807, 2.05) is 20.8 Å². The van der Waals surface area contributed by atoms with E-state index < -0.39 is 30.9 Å². The van der Waals surface area contributed by atoms with E-state index in [1.165, 1.54) is 18.6 Å². The van der Waals surface area contributed by atoms with Gasteiger partial charge in [-0.15, -0.1) is 0 Å². The van der Waals surface area contributed by atoms with Crippen LogP contribution in [-0.2, 0) is 4.79 Å². The Bertz CT molecular complexity index is 527. The lowest BCUT2D eigenvalue weighted by Crippen LogP contribution is -2.54. The lowest BCUT2D eigenvalue weighted by atomic mass is 9.75. The number of rotatable bonds is 9. The normalized spacial score (nSPS) is 13.2. The van der Waals surface area contributed by atoms with Crippen LogP contribution < -0.4 is 10.6 Å². The number of carbonyl (C=O) groups excluding carboxylic acids is 2. The van der Waals surface area contributed by atoms with E-state index in [9.17, 15) is 19.6 Å². The first-order chi connectivity index (χ1) is 11.3. The fourth-order valence-electron chi connectivity index (χ4n) is 2.25. The Morgan fingerprint density at radius 3 is 2.46 bits per heavy atom. The molecular weight excluding hydrogens is 311 g/mol. The molecule has 0 saturated heterocycles. The molecule has 2 amide bonds. The summed E-state index contributed by atoms with van der Waals surface area (Å²) in [6.45, 7) is 5.73. The fraction of sp³-hybridized carbons (Fsp3) is 0.600. The van der Waals surface area contributed by atoms with Crippen LogP contribution >= 0.6 is 0 Å². The molecule has 0 aromatic carbocycles. The van der Waals surface area contributed by atoms with Crippen molar-refractivity contribution in [3.8, 4) is 0 Å². The van der Waals surface area contributed by atoms with Gasteiger partial charge in [-0.2, -0.15) is 0 Å². The summed E-state index contributed by atoms with van der Waals surface area (Å²) >= 11 is 0. The van der Waals surface area contributed by atoms with Gasteiger partial charge in [0.2, 0.25) is 5.91 Å². The number of nitrogens with one attached hydrogen (secondary N) is 2. The Morgan fingerprint density at radius 2 is 1.96 bits per heavy atom. The van der Waals surface area contributed by atoms with Crippen molar-refractivity contribution < 1.29 is 19.6 Å². The van der Waals surface area contributed by atoms with Crippen molar-refractivity contribution in [3.63, 3.8) is 0 Å². The molecular formula is C15H25BN4O4. The molecule has 0 unspecified atom stereocenters. The van der Waals surface area contributed by atoms with Crippen molar-refractivity contribution in [1.82, 2.24) is 20.6 Å². The Kier molecular flexibility index (Phi) is 8.35. The van der Waals surface area contributed by atoms with E-state index >= 15 is 0 Å². The highest BCUT2D eigenvalue weighted by atomic mass is 16.4. The third-order valence-corrected chi connectivity index (χ3v) is 3.41. The summed E-state index contributed by atoms with van der Waals surface area (Å²) in [6, 6.07) is -0.780. The largest absolute Gasteiger partial charge is 0.475 e. The molecule has 0 bridgehead atoms. The zero-order valence-corrected chi connectivity index (χ0v) is 14.3. The van der Waals surface area contributed by atoms with Crippen LogP contribution in [0.3, 0.4) is 0 Å². The molecule has 2 atom stereocenters. The van der Waals surface area contributed by atoms with E-state index in [4.69, 9.17) is 0 Å². The van der Waals surface area contributed by atoms with Crippen LogP contribution in [0.15, 0.2) is 18.6 Å². The maximum atomic E-state index is 12.4. The van der Waals surface area contributed by atoms with Crippen molar-refractivity contribution in [2.24, 2.45) is 5.92 Å². The lowest BCUT2D eigenvalue weighted by Gasteiger charge is -2.23. The molecule has 1 rings (SSSR count). The minimum Gasteiger partial charge on any atom is -0.426 e. The number of amides is 2. The highest BCUT2D eigenvalue weighted by Gasteiger charge is 2.29. The number of hydrogen-bond acceptors (Lipinski definition) is 6. The molecule has 1 aromatic rings. The van der Waals surface area contributed by atoms with E-state index in [1.54, 1.807) is 0 Å². The van der Waals surface area contributed by atoms with Gasteiger partial charge < -0.3 is 20.7 Å². The number of hydrogen-bond donors (Lipinski definition) is 4. The first kappa shape index (κ1) is 20.1. The average Bonchev–Trinajstić information content (AvgIpc) is 2.54. The van der Waals surface area contributed by atoms with Gasteiger partial charge in [0.1, 0.15) is 11.7 Å². The molecule has 8 nitrogen and oxygen atoms in total. The second-order valence-corrected chi connectivity index (χ2v) is 6.06. The molecule has 0 saturated carbocycles. The highest BCUT2D eigenvalue weighted by molar-refractivity contribution is 6.43. The van der Waals surface area contributed by atoms with Gasteiger partial charge in [-0.05, 0) is 18.8 Å². The molecule has 0 aliphatic heterocycles. The Balaban J connectivity index is 2.75. The van der Waals surface area contributed by atoms with Gasteiger partial charge >= 0.3 is 7.12 Å². The van der Waals surface area contributed by atoms with Gasteiger partial charge in [0.05, 0.1) is 12.1 Å². The maximum absolute atomic E-state index is 12.4. The van der Waals surface area contributed by atoms with Crippen LogP contribution in [-0.4, -0.2) is 50.9 Å². The van der Waals surface area contributed by atoms with Gasteiger partial charge in [0.15, 0.2) is 0 Å². The topological polar surface area (TPSA) is 124 Å². The van der Waals surface area contributed by atoms with Crippen molar-refractivity contribution in [2.75, 3.05) is 0 Å². The monoisotopic (exact) mass is 336 g/mol. The molecule has 24 heavy (non-hydrogen) atoms. The lowest BCUT2D eigenvalue weighted by molar-refractivity contribution is -0.123. The molecule has 1 aromatic heterocycles. The van der Waals surface area contributed by atoms with Gasteiger partial charge in [0.25, 0.3) is 5.91 Å². The zero-order valence-electron chi connectivity index (χ0n) is 14.3. The molecule has 9 heteroatoms. The molecule has 132 valence electrons. The summed E-state index contributed by atoms with van der Waals surface area (Å²) in [4.78, 5) is 32.3. The third-order valence-electron chi connectivity index (χ3n) is 3.41. The molecule has 0 radical (unpaired) electrons. The van der Waals surface area contributed by atoms with E-state index in [2.05, 4.69) is 20.6 Å². The van der Waals surface area contributed by atoms with Crippen LogP contribution in [0, 0.1) is 5.92 Å². The van der Waals surface area contributed by atoms with Crippen molar-refractivity contribution in [1.29, 1.82) is 0 Å². The van der Waals surface area contributed by atoms with Gasteiger partial charge in [0, 0.05) is 12.4 Å². The second kappa shape index (κ2) is 9.99. The molecule has 0 fully saturated rings. The van der Waals surface area contributed by atoms with E-state index in [0.29, 0.717) is 19.3 Å². The summed E-state index contributed by atoms with van der Waals surface area (Å²) in [6.07, 6.45) is 5.68. The quantitative estimate of drug-likeness (QED) is 0.468. The Morgan fingerprint density at radius 1 is 1.25 bits per heavy atom. The summed E-state index contributed by atoms with van der Waals surface area (Å²) in [5.41, 5.74) is 0.118. The van der Waals surface area contributed by atoms with E-state index in [-0.39, 0.29) is 11.6 Å². The smallest absolute Gasteiger partial charge is 0.426 e. The van der Waals surface area contributed by atoms with Crippen molar-refractivity contribution in [2.45, 2.75) is 52.0 Å². The Hall–Kier alpha value is -2.00. The SMILES string of the molecule is CCC[C@@H](NC(=O)c1cnccn1)C(=O)N[C@@H](CC(C)C)B(O)O. The number of aromatic nitrogens is 2. The fourth-order valence-corrected chi connectivity index (χ4v) is 2.25. The third kappa shape index (κ3) is 6.63. The molecule has 0 aliphatic carbocycles. The predicted octanol–water partition coefficient (Wildman–Crippen LogP) is -0.0820. The molecule has 0 aliphatic rings. The summed E-state index contributed by atoms with van der Waals surface area (Å²) in [7, 11) is -1.66. The van der Waals surface area contributed by atoms with E-state index in [0.717, 1.165) is 0 Å². The van der Waals surface area contributed by atoms with Crippen molar-refractivity contribution in [3.05, 3.63) is 24.3 Å². The summed E-state index contributed by atoms with van der Waals surface area (Å²) in [5, 5.41) is 24.0. The summed E-state index contributed by atoms with van der Waals surface area (Å²) in [5.74, 6) is -1.56. The maximum Gasteiger partial charge on any atom is 0.475 e. The molecule has 4 N–H and O–H groups in total. The number of nitrogens with zero attached hydrogens (tertiary/aromatic N) is 2. The van der Waals surface area contributed by atoms with Crippen LogP contribution in [0.5, 0.6) is 0 Å². The molecule has 1 heterocycles. The van der Waals surface area contributed by atoms with Crippen LogP contribution in [0.1, 0.15) is 50.5 Å². The molecule has 0 spiro atoms. The highest BCUT2D eigenvalue weighted by Crippen LogP contribution is 2.07. The van der Waals surface area contributed by atoms with Crippen LogP contribution in [0.2, 0.25) is 0 Å². The second-order valence-electron chi connectivity index (χ2n) is 6.06. The first-order valence-corrected chi connectivity index (χ1v) is 8.08. The van der Waals surface area contributed by atoms with Gasteiger partial charge in [-0.3, -0.25) is 14.6 Å².